The fraction of sp³-hybridized carbons (Fsp3) is 0.625. The van der Waals surface area contributed by atoms with Gasteiger partial charge in [0, 0.05) is 12.2 Å². The monoisotopic (exact) mass is 264 g/mol. The second-order valence-corrected chi connectivity index (χ2v) is 5.33. The lowest BCUT2D eigenvalue weighted by Gasteiger charge is -2.16. The standard InChI is InChI=1S/C16H24O3/c1-12-8-9-14(16(11-12)18-2)15(17)7-3-5-13-6-4-10-19-13/h8-9,11,13,15,17H,3-7,10H2,1-2H3. The first-order chi connectivity index (χ1) is 9.20. The summed E-state index contributed by atoms with van der Waals surface area (Å²) in [7, 11) is 1.65. The maximum atomic E-state index is 10.3. The molecule has 0 amide bonds. The maximum absolute atomic E-state index is 10.3. The number of aryl methyl sites for hydroxylation is 1. The summed E-state index contributed by atoms with van der Waals surface area (Å²) in [6.07, 6.45) is 5.11. The van der Waals surface area contributed by atoms with Crippen molar-refractivity contribution in [3.63, 3.8) is 0 Å². The van der Waals surface area contributed by atoms with Crippen LogP contribution < -0.4 is 4.74 Å². The molecular formula is C16H24O3. The summed E-state index contributed by atoms with van der Waals surface area (Å²) in [6.45, 7) is 2.93. The van der Waals surface area contributed by atoms with Crippen LogP contribution in [0.25, 0.3) is 0 Å². The van der Waals surface area contributed by atoms with E-state index in [4.69, 9.17) is 9.47 Å². The maximum Gasteiger partial charge on any atom is 0.124 e. The molecule has 3 heteroatoms. The summed E-state index contributed by atoms with van der Waals surface area (Å²) >= 11 is 0. The topological polar surface area (TPSA) is 38.7 Å². The molecule has 1 saturated heterocycles. The highest BCUT2D eigenvalue weighted by atomic mass is 16.5. The molecule has 3 nitrogen and oxygen atoms in total. The minimum Gasteiger partial charge on any atom is -0.496 e. The summed E-state index contributed by atoms with van der Waals surface area (Å²) in [5.41, 5.74) is 2.03. The van der Waals surface area contributed by atoms with Crippen LogP contribution in [0.3, 0.4) is 0 Å². The molecule has 1 N–H and O–H groups in total. The van der Waals surface area contributed by atoms with E-state index in [9.17, 15) is 5.11 Å². The number of ether oxygens (including phenoxy) is 2. The molecule has 0 radical (unpaired) electrons. The van der Waals surface area contributed by atoms with Gasteiger partial charge in [-0.2, -0.15) is 0 Å². The van der Waals surface area contributed by atoms with E-state index in [0.717, 1.165) is 42.7 Å². The molecule has 0 spiro atoms. The molecule has 1 aromatic carbocycles. The number of aliphatic hydroxyl groups is 1. The first-order valence-electron chi connectivity index (χ1n) is 7.15. The van der Waals surface area contributed by atoms with Crippen LogP contribution in [0.4, 0.5) is 0 Å². The molecule has 0 saturated carbocycles. The summed E-state index contributed by atoms with van der Waals surface area (Å²) < 4.78 is 10.9. The fourth-order valence-electron chi connectivity index (χ4n) is 2.66. The molecular weight excluding hydrogens is 240 g/mol. The Labute approximate surface area is 115 Å². The fourth-order valence-corrected chi connectivity index (χ4v) is 2.66. The van der Waals surface area contributed by atoms with E-state index in [0.29, 0.717) is 6.10 Å². The normalized spacial score (nSPS) is 20.5. The Morgan fingerprint density at radius 2 is 2.32 bits per heavy atom. The van der Waals surface area contributed by atoms with E-state index in [1.807, 2.05) is 25.1 Å². The smallest absolute Gasteiger partial charge is 0.124 e. The summed E-state index contributed by atoms with van der Waals surface area (Å²) in [5, 5.41) is 10.3. The zero-order chi connectivity index (χ0) is 13.7. The molecule has 106 valence electrons. The van der Waals surface area contributed by atoms with Crippen molar-refractivity contribution in [3.05, 3.63) is 29.3 Å². The Morgan fingerprint density at radius 1 is 1.47 bits per heavy atom. The molecule has 2 atom stereocenters. The molecule has 0 aliphatic carbocycles. The van der Waals surface area contributed by atoms with E-state index >= 15 is 0 Å². The Balaban J connectivity index is 1.86. The lowest BCUT2D eigenvalue weighted by Crippen LogP contribution is -2.06. The zero-order valence-corrected chi connectivity index (χ0v) is 11.9. The van der Waals surface area contributed by atoms with Gasteiger partial charge in [0.1, 0.15) is 5.75 Å². The number of benzene rings is 1. The largest absolute Gasteiger partial charge is 0.496 e. The van der Waals surface area contributed by atoms with Gasteiger partial charge in [0.15, 0.2) is 0 Å². The molecule has 1 aromatic rings. The van der Waals surface area contributed by atoms with Gasteiger partial charge >= 0.3 is 0 Å². The molecule has 1 heterocycles. The lowest BCUT2D eigenvalue weighted by molar-refractivity contribution is 0.0941. The molecule has 1 fully saturated rings. The third-order valence-electron chi connectivity index (χ3n) is 3.78. The van der Waals surface area contributed by atoms with E-state index in [1.54, 1.807) is 7.11 Å². The van der Waals surface area contributed by atoms with Crippen molar-refractivity contribution in [2.24, 2.45) is 0 Å². The molecule has 19 heavy (non-hydrogen) atoms. The predicted molar refractivity (Wildman–Crippen MR) is 75.5 cm³/mol. The summed E-state index contributed by atoms with van der Waals surface area (Å²) in [4.78, 5) is 0. The molecule has 2 rings (SSSR count). The van der Waals surface area contributed by atoms with Gasteiger partial charge in [-0.1, -0.05) is 12.1 Å². The SMILES string of the molecule is COc1cc(C)ccc1C(O)CCCC1CCCO1. The molecule has 1 aliphatic rings. The Bertz CT molecular complexity index is 397. The number of rotatable bonds is 6. The Kier molecular flexibility index (Phi) is 5.23. The van der Waals surface area contributed by atoms with Crippen LogP contribution in [0, 0.1) is 6.92 Å². The van der Waals surface area contributed by atoms with Crippen molar-refractivity contribution in [1.29, 1.82) is 0 Å². The third-order valence-corrected chi connectivity index (χ3v) is 3.78. The number of hydrogen-bond donors (Lipinski definition) is 1. The number of aliphatic hydroxyl groups excluding tert-OH is 1. The van der Waals surface area contributed by atoms with Gasteiger partial charge in [0.2, 0.25) is 0 Å². The summed E-state index contributed by atoms with van der Waals surface area (Å²) in [6, 6.07) is 5.95. The molecule has 2 unspecified atom stereocenters. The van der Waals surface area contributed by atoms with E-state index in [1.165, 1.54) is 12.8 Å². The van der Waals surface area contributed by atoms with Crippen molar-refractivity contribution < 1.29 is 14.6 Å². The lowest BCUT2D eigenvalue weighted by atomic mass is 10.00. The van der Waals surface area contributed by atoms with Gasteiger partial charge in [-0.15, -0.1) is 0 Å². The average molecular weight is 264 g/mol. The van der Waals surface area contributed by atoms with Gasteiger partial charge in [-0.25, -0.2) is 0 Å². The predicted octanol–water partition coefficient (Wildman–Crippen LogP) is 3.39. The van der Waals surface area contributed by atoms with Gasteiger partial charge in [0.05, 0.1) is 19.3 Å². The average Bonchev–Trinajstić information content (AvgIpc) is 2.91. The van der Waals surface area contributed by atoms with Crippen LogP contribution in [0.2, 0.25) is 0 Å². The van der Waals surface area contributed by atoms with Gasteiger partial charge in [-0.05, 0) is 50.7 Å². The highest BCUT2D eigenvalue weighted by Crippen LogP contribution is 2.30. The number of methoxy groups -OCH3 is 1. The van der Waals surface area contributed by atoms with E-state index in [-0.39, 0.29) is 0 Å². The van der Waals surface area contributed by atoms with Crippen molar-refractivity contribution >= 4 is 0 Å². The number of hydrogen-bond acceptors (Lipinski definition) is 3. The van der Waals surface area contributed by atoms with Gasteiger partial charge < -0.3 is 14.6 Å². The third kappa shape index (κ3) is 3.95. The first kappa shape index (κ1) is 14.4. The molecule has 1 aliphatic heterocycles. The van der Waals surface area contributed by atoms with Crippen molar-refractivity contribution in [2.45, 2.75) is 51.2 Å². The van der Waals surface area contributed by atoms with Crippen molar-refractivity contribution in [3.8, 4) is 5.75 Å². The minimum atomic E-state index is -0.447. The van der Waals surface area contributed by atoms with E-state index < -0.39 is 6.10 Å². The highest BCUT2D eigenvalue weighted by Gasteiger charge is 2.17. The second kappa shape index (κ2) is 6.92. The highest BCUT2D eigenvalue weighted by molar-refractivity contribution is 5.38. The van der Waals surface area contributed by atoms with Crippen molar-refractivity contribution in [1.82, 2.24) is 0 Å². The van der Waals surface area contributed by atoms with Crippen LogP contribution in [-0.2, 0) is 4.74 Å². The Hall–Kier alpha value is -1.06. The van der Waals surface area contributed by atoms with Gasteiger partial charge in [-0.3, -0.25) is 0 Å². The van der Waals surface area contributed by atoms with Crippen LogP contribution in [0.5, 0.6) is 5.75 Å². The second-order valence-electron chi connectivity index (χ2n) is 5.33. The van der Waals surface area contributed by atoms with Crippen LogP contribution in [-0.4, -0.2) is 24.9 Å². The zero-order valence-electron chi connectivity index (χ0n) is 11.9. The van der Waals surface area contributed by atoms with Crippen LogP contribution in [0.1, 0.15) is 49.3 Å². The summed E-state index contributed by atoms with van der Waals surface area (Å²) in [5.74, 6) is 0.782. The van der Waals surface area contributed by atoms with Crippen LogP contribution in [0.15, 0.2) is 18.2 Å². The quantitative estimate of drug-likeness (QED) is 0.856. The van der Waals surface area contributed by atoms with Crippen LogP contribution >= 0.6 is 0 Å². The minimum absolute atomic E-state index is 0.409. The Morgan fingerprint density at radius 3 is 3.00 bits per heavy atom. The van der Waals surface area contributed by atoms with Crippen molar-refractivity contribution in [2.75, 3.05) is 13.7 Å². The molecule has 0 aromatic heterocycles. The first-order valence-corrected chi connectivity index (χ1v) is 7.15. The van der Waals surface area contributed by atoms with E-state index in [2.05, 4.69) is 0 Å². The van der Waals surface area contributed by atoms with Gasteiger partial charge in [0.25, 0.3) is 0 Å². The molecule has 0 bridgehead atoms.